The van der Waals surface area contributed by atoms with Gasteiger partial charge in [-0.15, -0.1) is 0 Å². The number of thiazole rings is 1. The molecule has 2 aromatic heterocycles. The van der Waals surface area contributed by atoms with Crippen LogP contribution in [0.3, 0.4) is 0 Å². The highest BCUT2D eigenvalue weighted by Gasteiger charge is 2.21. The fourth-order valence-electron chi connectivity index (χ4n) is 2.28. The van der Waals surface area contributed by atoms with E-state index in [9.17, 15) is 0 Å². The molecule has 2 nitrogen and oxygen atoms in total. The molecule has 80 valence electrons. The molecule has 0 radical (unpaired) electrons. The second-order valence-corrected chi connectivity index (χ2v) is 5.21. The number of hydrogen-bond donors (Lipinski definition) is 0. The molecular weight excluding hydrogens is 204 g/mol. The molecule has 0 saturated heterocycles. The van der Waals surface area contributed by atoms with Crippen LogP contribution >= 0.6 is 11.3 Å². The summed E-state index contributed by atoms with van der Waals surface area (Å²) in [6, 6.07) is 0. The van der Waals surface area contributed by atoms with Crippen molar-refractivity contribution >= 4 is 21.7 Å². The van der Waals surface area contributed by atoms with Crippen molar-refractivity contribution < 1.29 is 4.57 Å². The zero-order valence-electron chi connectivity index (χ0n) is 9.96. The average Bonchev–Trinajstić information content (AvgIpc) is 2.62. The fraction of sp³-hybridized carbons (Fsp3) is 0.500. The molecule has 0 spiro atoms. The number of pyridine rings is 1. The first-order chi connectivity index (χ1) is 7.04. The molecule has 15 heavy (non-hydrogen) atoms. The molecular formula is C12H17N2S+. The molecule has 2 heterocycles. The Morgan fingerprint density at radius 3 is 2.53 bits per heavy atom. The summed E-state index contributed by atoms with van der Waals surface area (Å²) in [5, 5.41) is 0. The second kappa shape index (κ2) is 3.56. The first-order valence-corrected chi connectivity index (χ1v) is 6.14. The zero-order chi connectivity index (χ0) is 11.2. The highest BCUT2D eigenvalue weighted by Crippen LogP contribution is 2.26. The first-order valence-electron chi connectivity index (χ1n) is 5.26. The lowest BCUT2D eigenvalue weighted by atomic mass is 10.0. The Hall–Kier alpha value is -0.960. The normalized spacial score (nSPS) is 11.6. The molecule has 0 amide bonds. The quantitative estimate of drug-likeness (QED) is 0.677. The van der Waals surface area contributed by atoms with Crippen LogP contribution in [0.25, 0.3) is 10.3 Å². The number of hydrogen-bond acceptors (Lipinski definition) is 2. The molecule has 2 aromatic rings. The van der Waals surface area contributed by atoms with Crippen LogP contribution in [0.2, 0.25) is 0 Å². The first kappa shape index (κ1) is 10.6. The summed E-state index contributed by atoms with van der Waals surface area (Å²) < 4.78 is 3.55. The number of aromatic nitrogens is 2. The molecule has 0 aliphatic rings. The molecule has 0 N–H and O–H groups in total. The maximum Gasteiger partial charge on any atom is 0.341 e. The smallest absolute Gasteiger partial charge is 0.229 e. The third kappa shape index (κ3) is 1.46. The third-order valence-corrected chi connectivity index (χ3v) is 4.00. The minimum absolute atomic E-state index is 0.541. The van der Waals surface area contributed by atoms with Gasteiger partial charge in [0.25, 0.3) is 0 Å². The van der Waals surface area contributed by atoms with E-state index in [-0.39, 0.29) is 0 Å². The summed E-state index contributed by atoms with van der Waals surface area (Å²) in [6.45, 7) is 8.88. The highest BCUT2D eigenvalue weighted by molar-refractivity contribution is 7.16. The van der Waals surface area contributed by atoms with Gasteiger partial charge in [-0.1, -0.05) is 25.2 Å². The molecule has 0 bridgehead atoms. The minimum Gasteiger partial charge on any atom is -0.229 e. The van der Waals surface area contributed by atoms with Crippen molar-refractivity contribution in [2.45, 2.75) is 33.6 Å². The van der Waals surface area contributed by atoms with Crippen LogP contribution in [0.1, 0.15) is 36.6 Å². The van der Waals surface area contributed by atoms with Crippen molar-refractivity contribution in [3.8, 4) is 0 Å². The molecule has 3 heteroatoms. The van der Waals surface area contributed by atoms with E-state index in [4.69, 9.17) is 0 Å². The van der Waals surface area contributed by atoms with Crippen molar-refractivity contribution in [1.82, 2.24) is 4.98 Å². The summed E-state index contributed by atoms with van der Waals surface area (Å²) in [5.74, 6) is 0.541. The molecule has 0 aromatic carbocycles. The second-order valence-electron chi connectivity index (χ2n) is 4.35. The van der Waals surface area contributed by atoms with Crippen LogP contribution in [0.15, 0.2) is 5.51 Å². The predicted molar refractivity (Wildman–Crippen MR) is 64.4 cm³/mol. The lowest BCUT2D eigenvalue weighted by Gasteiger charge is -2.12. The number of nitrogens with zero attached hydrogens (tertiary/aromatic N) is 2. The van der Waals surface area contributed by atoms with Gasteiger partial charge in [-0.3, -0.25) is 0 Å². The molecule has 0 atom stereocenters. The molecule has 0 aliphatic carbocycles. The fourth-order valence-corrected chi connectivity index (χ4v) is 3.17. The molecule has 0 fully saturated rings. The van der Waals surface area contributed by atoms with Gasteiger partial charge in [0.05, 0.1) is 7.05 Å². The van der Waals surface area contributed by atoms with Crippen molar-refractivity contribution in [2.24, 2.45) is 7.05 Å². The molecule has 0 saturated carbocycles. The lowest BCUT2D eigenvalue weighted by molar-refractivity contribution is -0.656. The van der Waals surface area contributed by atoms with E-state index in [0.717, 1.165) is 5.65 Å². The number of rotatable bonds is 1. The van der Waals surface area contributed by atoms with Crippen LogP contribution in [0, 0.1) is 13.8 Å². The van der Waals surface area contributed by atoms with Gasteiger partial charge < -0.3 is 0 Å². The Balaban J connectivity index is 2.92. The summed E-state index contributed by atoms with van der Waals surface area (Å²) in [4.78, 5) is 4.44. The summed E-state index contributed by atoms with van der Waals surface area (Å²) in [5.41, 5.74) is 7.23. The Morgan fingerprint density at radius 2 is 1.93 bits per heavy atom. The van der Waals surface area contributed by atoms with Crippen LogP contribution in [-0.4, -0.2) is 4.98 Å². The lowest BCUT2D eigenvalue weighted by Crippen LogP contribution is -2.37. The molecule has 0 aliphatic heterocycles. The highest BCUT2D eigenvalue weighted by atomic mass is 32.1. The van der Waals surface area contributed by atoms with E-state index >= 15 is 0 Å². The van der Waals surface area contributed by atoms with Gasteiger partial charge in [0.15, 0.2) is 5.51 Å². The van der Waals surface area contributed by atoms with Gasteiger partial charge in [-0.2, -0.15) is 0 Å². The van der Waals surface area contributed by atoms with Gasteiger partial charge in [0, 0.05) is 5.92 Å². The van der Waals surface area contributed by atoms with Crippen LogP contribution in [0.5, 0.6) is 0 Å². The standard InChI is InChI=1S/C12H17N2S/c1-7(2)10-8(3)9(4)11-12(14(10)5)13-6-15-11/h6-7H,1-5H3/q+1. The van der Waals surface area contributed by atoms with Gasteiger partial charge in [-0.05, 0) is 30.0 Å². The van der Waals surface area contributed by atoms with Crippen LogP contribution in [-0.2, 0) is 7.05 Å². The van der Waals surface area contributed by atoms with E-state index in [1.54, 1.807) is 11.3 Å². The minimum atomic E-state index is 0.541. The Labute approximate surface area is 94.6 Å². The topological polar surface area (TPSA) is 16.8 Å². The molecule has 0 unspecified atom stereocenters. The monoisotopic (exact) mass is 221 g/mol. The van der Waals surface area contributed by atoms with E-state index in [1.165, 1.54) is 21.5 Å². The van der Waals surface area contributed by atoms with Gasteiger partial charge in [0.1, 0.15) is 10.4 Å². The van der Waals surface area contributed by atoms with Gasteiger partial charge >= 0.3 is 5.65 Å². The Kier molecular flexibility index (Phi) is 2.51. The maximum atomic E-state index is 4.44. The van der Waals surface area contributed by atoms with E-state index in [0.29, 0.717) is 5.92 Å². The molecule has 2 rings (SSSR count). The number of fused-ring (bicyclic) bond motifs is 1. The third-order valence-electron chi connectivity index (χ3n) is 3.06. The SMILES string of the molecule is Cc1c(C)c2scnc2[n+](C)c1C(C)C. The van der Waals surface area contributed by atoms with E-state index < -0.39 is 0 Å². The van der Waals surface area contributed by atoms with E-state index in [2.05, 4.69) is 44.3 Å². The average molecular weight is 221 g/mol. The largest absolute Gasteiger partial charge is 0.341 e. The van der Waals surface area contributed by atoms with Crippen molar-refractivity contribution in [1.29, 1.82) is 0 Å². The Morgan fingerprint density at radius 1 is 1.27 bits per heavy atom. The summed E-state index contributed by atoms with van der Waals surface area (Å²) in [7, 11) is 2.11. The summed E-state index contributed by atoms with van der Waals surface area (Å²) in [6.07, 6.45) is 0. The zero-order valence-corrected chi connectivity index (χ0v) is 10.8. The summed E-state index contributed by atoms with van der Waals surface area (Å²) >= 11 is 1.73. The van der Waals surface area contributed by atoms with Crippen molar-refractivity contribution in [3.63, 3.8) is 0 Å². The van der Waals surface area contributed by atoms with Crippen molar-refractivity contribution in [3.05, 3.63) is 22.3 Å². The van der Waals surface area contributed by atoms with Gasteiger partial charge in [-0.25, -0.2) is 4.57 Å². The predicted octanol–water partition coefficient (Wildman–Crippen LogP) is 2.86. The maximum absolute atomic E-state index is 4.44. The van der Waals surface area contributed by atoms with E-state index in [1.807, 2.05) is 5.51 Å². The Bertz CT molecular complexity index is 512. The van der Waals surface area contributed by atoms with Crippen molar-refractivity contribution in [2.75, 3.05) is 0 Å². The van der Waals surface area contributed by atoms with Gasteiger partial charge in [0.2, 0.25) is 0 Å². The number of aryl methyl sites for hydroxylation is 2. The van der Waals surface area contributed by atoms with Crippen LogP contribution in [0.4, 0.5) is 0 Å². The van der Waals surface area contributed by atoms with Crippen LogP contribution < -0.4 is 4.57 Å².